The first kappa shape index (κ1) is 14.1. The molecule has 5 heteroatoms. The molecule has 1 N–H and O–H groups in total. The van der Waals surface area contributed by atoms with Crippen LogP contribution in [0, 0.1) is 5.82 Å². The van der Waals surface area contributed by atoms with E-state index in [1.54, 1.807) is 0 Å². The van der Waals surface area contributed by atoms with E-state index in [1.165, 1.54) is 12.1 Å². The fourth-order valence-electron chi connectivity index (χ4n) is 1.46. The van der Waals surface area contributed by atoms with Crippen molar-refractivity contribution in [1.29, 1.82) is 0 Å². The molecule has 17 heavy (non-hydrogen) atoms. The van der Waals surface area contributed by atoms with Crippen molar-refractivity contribution in [2.45, 2.75) is 32.2 Å². The number of hydrogen-bond donors (Lipinski definition) is 1. The maximum atomic E-state index is 12.7. The summed E-state index contributed by atoms with van der Waals surface area (Å²) >= 11 is 3.41. The van der Waals surface area contributed by atoms with Gasteiger partial charge in [-0.1, -0.05) is 29.8 Å². The number of hydrogen-bond acceptors (Lipinski definition) is 2. The zero-order valence-electron chi connectivity index (χ0n) is 9.96. The standard InChI is InChI=1S/C12H16BrFN2O/c1-3-12(4-2,8-13)16-11(17)10-6-5-9(14)7-15-10/h5-7H,3-4,8H2,1-2H3,(H,16,17). The minimum absolute atomic E-state index is 0.235. The molecule has 94 valence electrons. The average Bonchev–Trinajstić information content (AvgIpc) is 2.37. The monoisotopic (exact) mass is 302 g/mol. The molecular weight excluding hydrogens is 287 g/mol. The first-order chi connectivity index (χ1) is 8.06. The number of pyridine rings is 1. The number of nitrogens with zero attached hydrogens (tertiary/aromatic N) is 1. The number of aromatic nitrogens is 1. The highest BCUT2D eigenvalue weighted by Crippen LogP contribution is 2.18. The van der Waals surface area contributed by atoms with Crippen LogP contribution >= 0.6 is 15.9 Å². The zero-order chi connectivity index (χ0) is 12.9. The van der Waals surface area contributed by atoms with Crippen LogP contribution in [0.15, 0.2) is 18.3 Å². The van der Waals surface area contributed by atoms with Gasteiger partial charge in [-0.15, -0.1) is 0 Å². The summed E-state index contributed by atoms with van der Waals surface area (Å²) in [6.45, 7) is 4.03. The van der Waals surface area contributed by atoms with Gasteiger partial charge < -0.3 is 5.32 Å². The maximum absolute atomic E-state index is 12.7. The Balaban J connectivity index is 2.81. The highest BCUT2D eigenvalue weighted by atomic mass is 79.9. The van der Waals surface area contributed by atoms with Gasteiger partial charge >= 0.3 is 0 Å². The van der Waals surface area contributed by atoms with Crippen molar-refractivity contribution in [2.24, 2.45) is 0 Å². The highest BCUT2D eigenvalue weighted by molar-refractivity contribution is 9.09. The summed E-state index contributed by atoms with van der Waals surface area (Å²) in [5.74, 6) is -0.715. The molecule has 1 rings (SSSR count). The smallest absolute Gasteiger partial charge is 0.270 e. The summed E-state index contributed by atoms with van der Waals surface area (Å²) in [5, 5.41) is 3.63. The normalized spacial score (nSPS) is 11.3. The summed E-state index contributed by atoms with van der Waals surface area (Å²) in [6.07, 6.45) is 2.69. The molecule has 1 aromatic heterocycles. The Kier molecular flexibility index (Phi) is 5.05. The Hall–Kier alpha value is -0.970. The molecule has 1 aromatic rings. The number of rotatable bonds is 5. The topological polar surface area (TPSA) is 42.0 Å². The Bertz CT molecular complexity index is 368. The van der Waals surface area contributed by atoms with E-state index in [4.69, 9.17) is 0 Å². The fourth-order valence-corrected chi connectivity index (χ4v) is 2.40. The number of carbonyl (C=O) groups is 1. The van der Waals surface area contributed by atoms with Crippen LogP contribution in [-0.2, 0) is 0 Å². The van der Waals surface area contributed by atoms with E-state index < -0.39 is 5.82 Å². The third kappa shape index (κ3) is 3.49. The van der Waals surface area contributed by atoms with Crippen LogP contribution in [0.25, 0.3) is 0 Å². The SMILES string of the molecule is CCC(CC)(CBr)NC(=O)c1ccc(F)cn1. The number of carbonyl (C=O) groups excluding carboxylic acids is 1. The molecule has 0 bridgehead atoms. The summed E-state index contributed by atoms with van der Waals surface area (Å²) in [7, 11) is 0. The van der Waals surface area contributed by atoms with Gasteiger partial charge in [0, 0.05) is 10.9 Å². The Morgan fingerprint density at radius 3 is 2.53 bits per heavy atom. The Labute approximate surface area is 109 Å². The first-order valence-electron chi connectivity index (χ1n) is 5.57. The third-order valence-corrected chi connectivity index (χ3v) is 4.02. The van der Waals surface area contributed by atoms with Gasteiger partial charge in [-0.05, 0) is 25.0 Å². The second kappa shape index (κ2) is 6.10. The van der Waals surface area contributed by atoms with Crippen molar-refractivity contribution in [3.05, 3.63) is 29.8 Å². The molecule has 0 radical (unpaired) electrons. The van der Waals surface area contributed by atoms with Gasteiger partial charge in [0.25, 0.3) is 5.91 Å². The van der Waals surface area contributed by atoms with E-state index in [0.29, 0.717) is 5.33 Å². The van der Waals surface area contributed by atoms with Gasteiger partial charge in [-0.2, -0.15) is 0 Å². The third-order valence-electron chi connectivity index (χ3n) is 2.95. The summed E-state index contributed by atoms with van der Waals surface area (Å²) < 4.78 is 12.7. The van der Waals surface area contributed by atoms with Crippen molar-refractivity contribution >= 4 is 21.8 Å². The van der Waals surface area contributed by atoms with Crippen molar-refractivity contribution < 1.29 is 9.18 Å². The second-order valence-electron chi connectivity index (χ2n) is 3.94. The molecule has 0 atom stereocenters. The van der Waals surface area contributed by atoms with Crippen molar-refractivity contribution in [3.63, 3.8) is 0 Å². The van der Waals surface area contributed by atoms with Crippen molar-refractivity contribution in [2.75, 3.05) is 5.33 Å². The van der Waals surface area contributed by atoms with Gasteiger partial charge in [0.2, 0.25) is 0 Å². The molecule has 0 aliphatic rings. The first-order valence-corrected chi connectivity index (χ1v) is 6.69. The predicted molar refractivity (Wildman–Crippen MR) is 68.8 cm³/mol. The van der Waals surface area contributed by atoms with Gasteiger partial charge in [-0.3, -0.25) is 4.79 Å². The largest absolute Gasteiger partial charge is 0.344 e. The molecule has 1 amide bonds. The van der Waals surface area contributed by atoms with E-state index in [0.717, 1.165) is 19.0 Å². The summed E-state index contributed by atoms with van der Waals surface area (Å²) in [6, 6.07) is 2.62. The van der Waals surface area contributed by atoms with Crippen LogP contribution in [0.4, 0.5) is 4.39 Å². The van der Waals surface area contributed by atoms with E-state index in [2.05, 4.69) is 26.2 Å². The van der Waals surface area contributed by atoms with Crippen molar-refractivity contribution in [3.8, 4) is 0 Å². The van der Waals surface area contributed by atoms with Gasteiger partial charge in [-0.25, -0.2) is 9.37 Å². The van der Waals surface area contributed by atoms with Crippen LogP contribution in [0.1, 0.15) is 37.2 Å². The molecule has 3 nitrogen and oxygen atoms in total. The van der Waals surface area contributed by atoms with E-state index in [1.807, 2.05) is 13.8 Å². The quantitative estimate of drug-likeness (QED) is 0.850. The molecule has 0 aliphatic heterocycles. The van der Waals surface area contributed by atoms with E-state index >= 15 is 0 Å². The molecule has 0 spiro atoms. The zero-order valence-corrected chi connectivity index (χ0v) is 11.6. The molecule has 0 aromatic carbocycles. The number of alkyl halides is 1. The van der Waals surface area contributed by atoms with E-state index in [-0.39, 0.29) is 17.1 Å². The number of nitrogens with one attached hydrogen (secondary N) is 1. The van der Waals surface area contributed by atoms with Gasteiger partial charge in [0.05, 0.1) is 6.20 Å². The molecular formula is C12H16BrFN2O. The van der Waals surface area contributed by atoms with Gasteiger partial charge in [0.1, 0.15) is 11.5 Å². The predicted octanol–water partition coefficient (Wildman–Crippen LogP) is 2.90. The number of halogens is 2. The molecule has 0 unspecified atom stereocenters. The average molecular weight is 303 g/mol. The van der Waals surface area contributed by atoms with Crippen LogP contribution in [0.2, 0.25) is 0 Å². The fraction of sp³-hybridized carbons (Fsp3) is 0.500. The van der Waals surface area contributed by atoms with Gasteiger partial charge in [0.15, 0.2) is 0 Å². The second-order valence-corrected chi connectivity index (χ2v) is 4.50. The molecule has 0 fully saturated rings. The molecule has 0 aliphatic carbocycles. The molecule has 0 saturated heterocycles. The molecule has 0 saturated carbocycles. The van der Waals surface area contributed by atoms with Crippen molar-refractivity contribution in [1.82, 2.24) is 10.3 Å². The Morgan fingerprint density at radius 2 is 2.12 bits per heavy atom. The minimum atomic E-state index is -0.445. The lowest BCUT2D eigenvalue weighted by molar-refractivity contribution is 0.0898. The molecule has 1 heterocycles. The lowest BCUT2D eigenvalue weighted by Crippen LogP contribution is -2.49. The van der Waals surface area contributed by atoms with E-state index in [9.17, 15) is 9.18 Å². The van der Waals surface area contributed by atoms with Crippen LogP contribution in [0.3, 0.4) is 0 Å². The lowest BCUT2D eigenvalue weighted by atomic mass is 9.95. The Morgan fingerprint density at radius 1 is 1.47 bits per heavy atom. The minimum Gasteiger partial charge on any atom is -0.344 e. The summed E-state index contributed by atoms with van der Waals surface area (Å²) in [5.41, 5.74) is -0.0358. The van der Waals surface area contributed by atoms with Crippen LogP contribution in [-0.4, -0.2) is 21.8 Å². The lowest BCUT2D eigenvalue weighted by Gasteiger charge is -2.30. The highest BCUT2D eigenvalue weighted by Gasteiger charge is 2.27. The number of amides is 1. The maximum Gasteiger partial charge on any atom is 0.270 e. The summed E-state index contributed by atoms with van der Waals surface area (Å²) in [4.78, 5) is 15.7. The van der Waals surface area contributed by atoms with Crippen LogP contribution < -0.4 is 5.32 Å². The van der Waals surface area contributed by atoms with Crippen LogP contribution in [0.5, 0.6) is 0 Å².